The van der Waals surface area contributed by atoms with Crippen molar-refractivity contribution in [1.29, 1.82) is 0 Å². The SMILES string of the molecule is CCC1CCCCC1.[I-].[I-].[Mg+2]. The summed E-state index contributed by atoms with van der Waals surface area (Å²) >= 11 is 0. The van der Waals surface area contributed by atoms with Crippen molar-refractivity contribution in [1.82, 2.24) is 0 Å². The monoisotopic (exact) mass is 390 g/mol. The van der Waals surface area contributed by atoms with Gasteiger partial charge < -0.3 is 48.0 Å². The van der Waals surface area contributed by atoms with Crippen LogP contribution in [0.2, 0.25) is 0 Å². The standard InChI is InChI=1S/C8H16.2HI.Mg/c1-2-8-6-4-3-5-7-8;;;/h8H,2-7H2,1H3;2*1H;/q;;;+2/p-2. The molecule has 0 bridgehead atoms. The van der Waals surface area contributed by atoms with Crippen molar-refractivity contribution < 1.29 is 48.0 Å². The average molecular weight is 390 g/mol. The molecule has 64 valence electrons. The van der Waals surface area contributed by atoms with Gasteiger partial charge in [-0.2, -0.15) is 0 Å². The molecule has 11 heavy (non-hydrogen) atoms. The fourth-order valence-corrected chi connectivity index (χ4v) is 1.60. The molecule has 1 fully saturated rings. The second-order valence-electron chi connectivity index (χ2n) is 2.91. The Bertz CT molecular complexity index is 63.1. The van der Waals surface area contributed by atoms with Gasteiger partial charge in [0.05, 0.1) is 0 Å². The van der Waals surface area contributed by atoms with Gasteiger partial charge in [0.15, 0.2) is 0 Å². The summed E-state index contributed by atoms with van der Waals surface area (Å²) < 4.78 is 0. The molecule has 1 aliphatic rings. The molecule has 0 heterocycles. The molecule has 0 aliphatic heterocycles. The van der Waals surface area contributed by atoms with Gasteiger partial charge in [0.25, 0.3) is 0 Å². The summed E-state index contributed by atoms with van der Waals surface area (Å²) in [5.74, 6) is 1.09. The van der Waals surface area contributed by atoms with Crippen LogP contribution in [0.15, 0.2) is 0 Å². The van der Waals surface area contributed by atoms with E-state index >= 15 is 0 Å². The molecule has 1 saturated carbocycles. The van der Waals surface area contributed by atoms with Gasteiger partial charge in [-0.15, -0.1) is 0 Å². The van der Waals surface area contributed by atoms with Gasteiger partial charge in [0, 0.05) is 0 Å². The van der Waals surface area contributed by atoms with Crippen molar-refractivity contribution in [2.45, 2.75) is 45.4 Å². The van der Waals surface area contributed by atoms with Crippen LogP contribution in [0.4, 0.5) is 0 Å². The summed E-state index contributed by atoms with van der Waals surface area (Å²) in [6.45, 7) is 2.32. The molecule has 0 unspecified atom stereocenters. The van der Waals surface area contributed by atoms with Crippen LogP contribution in [0.25, 0.3) is 0 Å². The van der Waals surface area contributed by atoms with Crippen LogP contribution in [0.5, 0.6) is 0 Å². The Balaban J connectivity index is -0.000000213. The van der Waals surface area contributed by atoms with Gasteiger partial charge >= 0.3 is 23.1 Å². The summed E-state index contributed by atoms with van der Waals surface area (Å²) in [5, 5.41) is 0. The van der Waals surface area contributed by atoms with E-state index in [0.29, 0.717) is 0 Å². The third kappa shape index (κ3) is 8.55. The van der Waals surface area contributed by atoms with Gasteiger partial charge in [-0.05, 0) is 5.92 Å². The average Bonchev–Trinajstić information content (AvgIpc) is 1.90. The fraction of sp³-hybridized carbons (Fsp3) is 1.00. The van der Waals surface area contributed by atoms with Gasteiger partial charge in [-0.25, -0.2) is 0 Å². The summed E-state index contributed by atoms with van der Waals surface area (Å²) in [6.07, 6.45) is 8.93. The second-order valence-corrected chi connectivity index (χ2v) is 2.91. The molecule has 1 aliphatic carbocycles. The van der Waals surface area contributed by atoms with Crippen molar-refractivity contribution in [2.24, 2.45) is 5.92 Å². The molecule has 0 saturated heterocycles. The predicted molar refractivity (Wildman–Crippen MR) is 42.6 cm³/mol. The third-order valence-corrected chi connectivity index (χ3v) is 2.30. The van der Waals surface area contributed by atoms with Gasteiger partial charge in [0.1, 0.15) is 0 Å². The van der Waals surface area contributed by atoms with Crippen LogP contribution in [0.3, 0.4) is 0 Å². The summed E-state index contributed by atoms with van der Waals surface area (Å²) in [6, 6.07) is 0. The Labute approximate surface area is 121 Å². The number of hydrogen-bond acceptors (Lipinski definition) is 0. The largest absolute Gasteiger partial charge is 2.00 e. The normalized spacial score (nSPS) is 17.2. The van der Waals surface area contributed by atoms with Gasteiger partial charge in [-0.1, -0.05) is 45.4 Å². The van der Waals surface area contributed by atoms with Gasteiger partial charge in [-0.3, -0.25) is 0 Å². The third-order valence-electron chi connectivity index (χ3n) is 2.30. The van der Waals surface area contributed by atoms with E-state index in [1.54, 1.807) is 0 Å². The molecule has 3 heteroatoms. The van der Waals surface area contributed by atoms with Crippen molar-refractivity contribution >= 4 is 23.1 Å². The Morgan fingerprint density at radius 3 is 1.73 bits per heavy atom. The van der Waals surface area contributed by atoms with E-state index in [0.717, 1.165) is 5.92 Å². The first-order chi connectivity index (χ1) is 3.93. The maximum atomic E-state index is 2.32. The minimum absolute atomic E-state index is 0. The Hall–Kier alpha value is 2.23. The van der Waals surface area contributed by atoms with Crippen LogP contribution < -0.4 is 48.0 Å². The quantitative estimate of drug-likeness (QED) is 0.324. The van der Waals surface area contributed by atoms with E-state index in [1.165, 1.54) is 38.5 Å². The Morgan fingerprint density at radius 2 is 1.45 bits per heavy atom. The van der Waals surface area contributed by atoms with Crippen molar-refractivity contribution in [3.8, 4) is 0 Å². The minimum atomic E-state index is 0. The zero-order chi connectivity index (χ0) is 5.82. The first-order valence-electron chi connectivity index (χ1n) is 3.93. The molecular formula is C8H16I2Mg. The molecular weight excluding hydrogens is 374 g/mol. The fourth-order valence-electron chi connectivity index (χ4n) is 1.60. The van der Waals surface area contributed by atoms with E-state index in [9.17, 15) is 0 Å². The molecule has 1 rings (SSSR count). The first kappa shape index (κ1) is 18.9. The molecule has 0 atom stereocenters. The molecule has 0 aromatic carbocycles. The zero-order valence-electron chi connectivity index (χ0n) is 7.28. The molecule has 0 aromatic rings. The Kier molecular flexibility index (Phi) is 21.0. The molecule has 0 aromatic heterocycles. The molecule has 0 radical (unpaired) electrons. The zero-order valence-corrected chi connectivity index (χ0v) is 13.0. The van der Waals surface area contributed by atoms with E-state index in [4.69, 9.17) is 0 Å². The van der Waals surface area contributed by atoms with E-state index in [2.05, 4.69) is 6.92 Å². The van der Waals surface area contributed by atoms with E-state index < -0.39 is 0 Å². The maximum Gasteiger partial charge on any atom is 2.00 e. The molecule has 0 nitrogen and oxygen atoms in total. The summed E-state index contributed by atoms with van der Waals surface area (Å²) in [7, 11) is 0. The first-order valence-corrected chi connectivity index (χ1v) is 3.93. The van der Waals surface area contributed by atoms with Crippen LogP contribution in [-0.4, -0.2) is 23.1 Å². The molecule has 0 spiro atoms. The van der Waals surface area contributed by atoms with Crippen LogP contribution >= 0.6 is 0 Å². The van der Waals surface area contributed by atoms with Crippen molar-refractivity contribution in [3.05, 3.63) is 0 Å². The van der Waals surface area contributed by atoms with Crippen molar-refractivity contribution in [3.63, 3.8) is 0 Å². The van der Waals surface area contributed by atoms with Crippen LogP contribution in [0, 0.1) is 5.92 Å². The second kappa shape index (κ2) is 12.2. The topological polar surface area (TPSA) is 0 Å². The van der Waals surface area contributed by atoms with Crippen molar-refractivity contribution in [2.75, 3.05) is 0 Å². The van der Waals surface area contributed by atoms with E-state index in [1.807, 2.05) is 0 Å². The van der Waals surface area contributed by atoms with Gasteiger partial charge in [0.2, 0.25) is 0 Å². The minimum Gasteiger partial charge on any atom is -1.00 e. The summed E-state index contributed by atoms with van der Waals surface area (Å²) in [5.41, 5.74) is 0. The van der Waals surface area contributed by atoms with Crippen LogP contribution in [0.1, 0.15) is 45.4 Å². The predicted octanol–water partition coefficient (Wildman–Crippen LogP) is -3.40. The number of hydrogen-bond donors (Lipinski definition) is 0. The number of halogens is 2. The summed E-state index contributed by atoms with van der Waals surface area (Å²) in [4.78, 5) is 0. The maximum absolute atomic E-state index is 2.32. The number of rotatable bonds is 1. The molecule has 0 N–H and O–H groups in total. The smallest absolute Gasteiger partial charge is 1.00 e. The Morgan fingerprint density at radius 1 is 1.00 bits per heavy atom. The van der Waals surface area contributed by atoms with E-state index in [-0.39, 0.29) is 71.0 Å². The van der Waals surface area contributed by atoms with Crippen LogP contribution in [-0.2, 0) is 0 Å². The molecule has 0 amide bonds.